The molecule has 4 unspecified atom stereocenters. The van der Waals surface area contributed by atoms with E-state index in [0.717, 1.165) is 0 Å². The summed E-state index contributed by atoms with van der Waals surface area (Å²) in [4.78, 5) is 24.6. The Labute approximate surface area is 163 Å². The molecule has 4 nitrogen and oxygen atoms in total. The van der Waals surface area contributed by atoms with Crippen LogP contribution in [-0.4, -0.2) is 48.6 Å². The van der Waals surface area contributed by atoms with Gasteiger partial charge in [-0.05, 0) is 51.4 Å². The van der Waals surface area contributed by atoms with Gasteiger partial charge in [0.1, 0.15) is 24.7 Å². The van der Waals surface area contributed by atoms with Crippen molar-refractivity contribution in [3.05, 3.63) is 0 Å². The van der Waals surface area contributed by atoms with Gasteiger partial charge >= 0.3 is 0 Å². The zero-order chi connectivity index (χ0) is 20.3. The van der Waals surface area contributed by atoms with Crippen LogP contribution in [0, 0.1) is 11.8 Å². The Morgan fingerprint density at radius 1 is 0.536 bits per heavy atom. The van der Waals surface area contributed by atoms with Gasteiger partial charge in [0, 0.05) is 36.8 Å². The molecule has 0 bridgehead atoms. The first kappa shape index (κ1) is 21.4. The number of rotatable bonds is 4. The minimum Gasteiger partial charge on any atom is -0.353 e. The topological polar surface area (TPSA) is 58.2 Å². The Bertz CT molecular complexity index is 488. The van der Waals surface area contributed by atoms with Crippen LogP contribution >= 0.6 is 0 Å². The van der Waals surface area contributed by atoms with E-state index >= 15 is 0 Å². The minimum absolute atomic E-state index is 0.0705. The molecule has 28 heavy (non-hydrogen) atoms. The van der Waals surface area contributed by atoms with Crippen LogP contribution in [-0.2, 0) is 9.59 Å². The molecule has 0 spiro atoms. The molecular weight excluding hydrogens is 376 g/mol. The van der Waals surface area contributed by atoms with Gasteiger partial charge in [0.2, 0.25) is 11.8 Å². The summed E-state index contributed by atoms with van der Waals surface area (Å²) in [6, 6.07) is -0.141. The SMILES string of the molecule is O=C(NC1CCC(NC(=O)C2CC(F)CC(F)C2)CC1)C1CC(F)CC(F)C1. The fourth-order valence-corrected chi connectivity index (χ4v) is 4.82. The van der Waals surface area contributed by atoms with Gasteiger partial charge in [-0.25, -0.2) is 17.6 Å². The molecule has 4 atom stereocenters. The number of halogens is 4. The molecule has 8 heteroatoms. The maximum atomic E-state index is 13.5. The molecule has 0 radical (unpaired) electrons. The number of nitrogens with one attached hydrogen (secondary N) is 2. The van der Waals surface area contributed by atoms with E-state index in [1.54, 1.807) is 0 Å². The summed E-state index contributed by atoms with van der Waals surface area (Å²) in [6.45, 7) is 0. The largest absolute Gasteiger partial charge is 0.353 e. The van der Waals surface area contributed by atoms with Crippen molar-refractivity contribution in [1.82, 2.24) is 10.6 Å². The highest BCUT2D eigenvalue weighted by Gasteiger charge is 2.36. The summed E-state index contributed by atoms with van der Waals surface area (Å²) >= 11 is 0. The van der Waals surface area contributed by atoms with Gasteiger partial charge in [-0.15, -0.1) is 0 Å². The second-order valence-corrected chi connectivity index (χ2v) is 8.76. The molecule has 2 amide bonds. The lowest BCUT2D eigenvalue weighted by Crippen LogP contribution is -2.48. The highest BCUT2D eigenvalue weighted by Crippen LogP contribution is 2.31. The number of carbonyl (C=O) groups is 2. The average Bonchev–Trinajstić information content (AvgIpc) is 2.61. The fraction of sp³-hybridized carbons (Fsp3) is 0.900. The molecule has 160 valence electrons. The first-order chi connectivity index (χ1) is 13.3. The Balaban J connectivity index is 1.39. The second kappa shape index (κ2) is 9.44. The molecule has 0 aromatic carbocycles. The molecule has 3 aliphatic carbocycles. The van der Waals surface area contributed by atoms with Crippen LogP contribution in [0.3, 0.4) is 0 Å². The average molecular weight is 406 g/mol. The van der Waals surface area contributed by atoms with Crippen LogP contribution in [0.25, 0.3) is 0 Å². The maximum Gasteiger partial charge on any atom is 0.223 e. The van der Waals surface area contributed by atoms with E-state index in [1.807, 2.05) is 0 Å². The molecule has 3 fully saturated rings. The van der Waals surface area contributed by atoms with Gasteiger partial charge in [-0.2, -0.15) is 0 Å². The second-order valence-electron chi connectivity index (χ2n) is 8.76. The monoisotopic (exact) mass is 406 g/mol. The normalized spacial score (nSPS) is 41.9. The third-order valence-electron chi connectivity index (χ3n) is 6.35. The number of amides is 2. The van der Waals surface area contributed by atoms with E-state index in [1.165, 1.54) is 0 Å². The molecular formula is C20H30F4N2O2. The van der Waals surface area contributed by atoms with E-state index < -0.39 is 36.5 Å². The van der Waals surface area contributed by atoms with Crippen molar-refractivity contribution in [3.63, 3.8) is 0 Å². The Hall–Kier alpha value is -1.34. The lowest BCUT2D eigenvalue weighted by Gasteiger charge is -2.33. The highest BCUT2D eigenvalue weighted by molar-refractivity contribution is 5.79. The Morgan fingerprint density at radius 3 is 1.11 bits per heavy atom. The van der Waals surface area contributed by atoms with Crippen LogP contribution in [0.2, 0.25) is 0 Å². The maximum absolute atomic E-state index is 13.5. The zero-order valence-corrected chi connectivity index (χ0v) is 16.0. The Morgan fingerprint density at radius 2 is 0.821 bits per heavy atom. The Kier molecular flexibility index (Phi) is 7.20. The molecule has 3 saturated carbocycles. The molecule has 0 aromatic rings. The molecule has 0 aromatic heterocycles. The first-order valence-corrected chi connectivity index (χ1v) is 10.5. The molecule has 3 rings (SSSR count). The van der Waals surface area contributed by atoms with Crippen molar-refractivity contribution in [2.75, 3.05) is 0 Å². The van der Waals surface area contributed by atoms with Crippen molar-refractivity contribution in [2.45, 2.75) is 101 Å². The van der Waals surface area contributed by atoms with Crippen LogP contribution in [0.15, 0.2) is 0 Å². The number of hydrogen-bond acceptors (Lipinski definition) is 2. The number of alkyl halides is 4. The van der Waals surface area contributed by atoms with Crippen molar-refractivity contribution in [3.8, 4) is 0 Å². The summed E-state index contributed by atoms with van der Waals surface area (Å²) in [5, 5.41) is 5.79. The predicted molar refractivity (Wildman–Crippen MR) is 96.6 cm³/mol. The van der Waals surface area contributed by atoms with Crippen molar-refractivity contribution >= 4 is 11.8 Å². The molecule has 2 N–H and O–H groups in total. The van der Waals surface area contributed by atoms with Gasteiger partial charge in [-0.1, -0.05) is 0 Å². The van der Waals surface area contributed by atoms with Crippen LogP contribution in [0.1, 0.15) is 64.2 Å². The lowest BCUT2D eigenvalue weighted by molar-refractivity contribution is -0.130. The van der Waals surface area contributed by atoms with Gasteiger partial charge in [0.15, 0.2) is 0 Å². The van der Waals surface area contributed by atoms with E-state index in [-0.39, 0.29) is 62.4 Å². The number of hydrogen-bond donors (Lipinski definition) is 2. The summed E-state index contributed by atoms with van der Waals surface area (Å²) in [5.74, 6) is -1.82. The number of carbonyl (C=O) groups excluding carboxylic acids is 2. The molecule has 0 saturated heterocycles. The van der Waals surface area contributed by atoms with Gasteiger partial charge < -0.3 is 10.6 Å². The first-order valence-electron chi connectivity index (χ1n) is 10.5. The summed E-state index contributed by atoms with van der Waals surface area (Å²) in [7, 11) is 0. The van der Waals surface area contributed by atoms with Gasteiger partial charge in [-0.3, -0.25) is 9.59 Å². The summed E-state index contributed by atoms with van der Waals surface area (Å²) in [6.07, 6.45) is -2.39. The van der Waals surface area contributed by atoms with E-state index in [4.69, 9.17) is 0 Å². The molecule has 0 heterocycles. The highest BCUT2D eigenvalue weighted by atomic mass is 19.2. The summed E-state index contributed by atoms with van der Waals surface area (Å²) < 4.78 is 54.0. The van der Waals surface area contributed by atoms with Crippen LogP contribution in [0.5, 0.6) is 0 Å². The van der Waals surface area contributed by atoms with E-state index in [9.17, 15) is 27.2 Å². The smallest absolute Gasteiger partial charge is 0.223 e. The predicted octanol–water partition coefficient (Wildman–Crippen LogP) is 3.48. The molecule has 0 aliphatic heterocycles. The third-order valence-corrected chi connectivity index (χ3v) is 6.35. The zero-order valence-electron chi connectivity index (χ0n) is 16.0. The minimum atomic E-state index is -1.27. The van der Waals surface area contributed by atoms with Crippen LogP contribution in [0.4, 0.5) is 17.6 Å². The summed E-state index contributed by atoms with van der Waals surface area (Å²) in [5.41, 5.74) is 0. The quantitative estimate of drug-likeness (QED) is 0.703. The van der Waals surface area contributed by atoms with Gasteiger partial charge in [0.05, 0.1) is 0 Å². The van der Waals surface area contributed by atoms with E-state index in [0.29, 0.717) is 25.7 Å². The van der Waals surface area contributed by atoms with Gasteiger partial charge in [0.25, 0.3) is 0 Å². The van der Waals surface area contributed by atoms with Crippen molar-refractivity contribution < 1.29 is 27.2 Å². The van der Waals surface area contributed by atoms with E-state index in [2.05, 4.69) is 10.6 Å². The van der Waals surface area contributed by atoms with Crippen molar-refractivity contribution in [1.29, 1.82) is 0 Å². The lowest BCUT2D eigenvalue weighted by atomic mass is 9.84. The fourth-order valence-electron chi connectivity index (χ4n) is 4.82. The van der Waals surface area contributed by atoms with Crippen LogP contribution < -0.4 is 10.6 Å². The standard InChI is InChI=1S/C20H30F4N2O2/c21-13-5-11(6-14(22)9-13)19(27)25-17-1-2-18(4-3-17)26-20(28)12-7-15(23)10-16(24)8-12/h11-18H,1-10H2,(H,25,27)(H,26,28). The molecule has 3 aliphatic rings. The van der Waals surface area contributed by atoms with Crippen molar-refractivity contribution in [2.24, 2.45) is 11.8 Å². The third kappa shape index (κ3) is 5.83.